The zero-order valence-corrected chi connectivity index (χ0v) is 18.3. The number of nitrogens with two attached hydrogens (primary N) is 1. The molecule has 4 amide bonds. The molecule has 1 aromatic carbocycles. The molecule has 1 aliphatic rings. The first-order chi connectivity index (χ1) is 16.4. The Hall–Kier alpha value is -4.19. The van der Waals surface area contributed by atoms with Crippen LogP contribution in [0, 0.1) is 0 Å². The first-order valence-corrected chi connectivity index (χ1v) is 10.9. The number of imidazole rings is 1. The van der Waals surface area contributed by atoms with Crippen LogP contribution in [0.15, 0.2) is 43.0 Å². The van der Waals surface area contributed by atoms with Crippen molar-refractivity contribution in [2.24, 2.45) is 5.84 Å². The van der Waals surface area contributed by atoms with E-state index in [9.17, 15) is 19.2 Å². The highest BCUT2D eigenvalue weighted by atomic mass is 16.2. The van der Waals surface area contributed by atoms with E-state index in [2.05, 4.69) is 36.3 Å². The van der Waals surface area contributed by atoms with Gasteiger partial charge in [0.1, 0.15) is 18.1 Å². The Morgan fingerprint density at radius 3 is 2.59 bits per heavy atom. The van der Waals surface area contributed by atoms with Crippen molar-refractivity contribution in [2.75, 3.05) is 0 Å². The maximum absolute atomic E-state index is 13.2. The lowest BCUT2D eigenvalue weighted by atomic mass is 10.0. The Morgan fingerprint density at radius 2 is 1.88 bits per heavy atom. The van der Waals surface area contributed by atoms with Crippen LogP contribution in [0.25, 0.3) is 10.9 Å². The molecule has 1 aliphatic heterocycles. The van der Waals surface area contributed by atoms with Gasteiger partial charge in [0.15, 0.2) is 0 Å². The lowest BCUT2D eigenvalue weighted by Crippen LogP contribution is -2.57. The molecule has 1 fully saturated rings. The van der Waals surface area contributed by atoms with Gasteiger partial charge in [-0.05, 0) is 18.1 Å². The quantitative estimate of drug-likeness (QED) is 0.119. The second-order valence-corrected chi connectivity index (χ2v) is 8.13. The Bertz CT molecular complexity index is 1190. The number of nitrogens with zero attached hydrogens (tertiary/aromatic N) is 1. The van der Waals surface area contributed by atoms with E-state index in [1.165, 1.54) is 6.33 Å². The molecule has 0 saturated carbocycles. The Balaban J connectivity index is 1.51. The van der Waals surface area contributed by atoms with Crippen molar-refractivity contribution in [3.8, 4) is 0 Å². The van der Waals surface area contributed by atoms with Gasteiger partial charge in [-0.1, -0.05) is 18.2 Å². The average molecular weight is 467 g/mol. The molecule has 1 saturated heterocycles. The largest absolute Gasteiger partial charge is 0.361 e. The Labute approximate surface area is 194 Å². The molecule has 3 atom stereocenters. The number of aromatic amines is 2. The number of hydrogen-bond acceptors (Lipinski definition) is 6. The van der Waals surface area contributed by atoms with Gasteiger partial charge in [-0.2, -0.15) is 0 Å². The number of amides is 4. The van der Waals surface area contributed by atoms with Gasteiger partial charge in [0.2, 0.25) is 17.7 Å². The van der Waals surface area contributed by atoms with Crippen LogP contribution in [0.4, 0.5) is 0 Å². The molecule has 178 valence electrons. The number of carbonyl (C=O) groups excluding carboxylic acids is 4. The Kier molecular flexibility index (Phi) is 6.87. The summed E-state index contributed by atoms with van der Waals surface area (Å²) >= 11 is 0. The summed E-state index contributed by atoms with van der Waals surface area (Å²) in [7, 11) is 0. The third kappa shape index (κ3) is 5.23. The van der Waals surface area contributed by atoms with Gasteiger partial charge in [-0.25, -0.2) is 10.8 Å². The summed E-state index contributed by atoms with van der Waals surface area (Å²) in [5, 5.41) is 8.90. The highest BCUT2D eigenvalue weighted by Gasteiger charge is 2.32. The predicted molar refractivity (Wildman–Crippen MR) is 122 cm³/mol. The minimum atomic E-state index is -1.01. The smallest absolute Gasteiger partial charge is 0.256 e. The average Bonchev–Trinajstić information content (AvgIpc) is 3.59. The van der Waals surface area contributed by atoms with Crippen molar-refractivity contribution in [3.63, 3.8) is 0 Å². The topological polar surface area (TPSA) is 187 Å². The zero-order valence-electron chi connectivity index (χ0n) is 18.3. The van der Waals surface area contributed by atoms with E-state index in [0.29, 0.717) is 12.1 Å². The van der Waals surface area contributed by atoms with Gasteiger partial charge in [-0.15, -0.1) is 0 Å². The number of fused-ring (bicyclic) bond motifs is 1. The summed E-state index contributed by atoms with van der Waals surface area (Å²) in [6, 6.07) is 4.90. The predicted octanol–water partition coefficient (Wildman–Crippen LogP) is -1.09. The second kappa shape index (κ2) is 10.2. The van der Waals surface area contributed by atoms with E-state index >= 15 is 0 Å². The van der Waals surface area contributed by atoms with Gasteiger partial charge in [0.25, 0.3) is 5.91 Å². The van der Waals surface area contributed by atoms with Crippen molar-refractivity contribution >= 4 is 34.5 Å². The lowest BCUT2D eigenvalue weighted by Gasteiger charge is -2.23. The molecule has 3 aromatic rings. The first kappa shape index (κ1) is 23.0. The van der Waals surface area contributed by atoms with E-state index in [1.54, 1.807) is 12.4 Å². The summed E-state index contributed by atoms with van der Waals surface area (Å²) in [6.07, 6.45) is 5.68. The summed E-state index contributed by atoms with van der Waals surface area (Å²) in [4.78, 5) is 59.9. The number of aromatic nitrogens is 3. The highest BCUT2D eigenvalue weighted by Crippen LogP contribution is 2.19. The number of hydrazine groups is 1. The van der Waals surface area contributed by atoms with Crippen LogP contribution in [0.2, 0.25) is 0 Å². The van der Waals surface area contributed by atoms with Gasteiger partial charge >= 0.3 is 0 Å². The van der Waals surface area contributed by atoms with E-state index in [-0.39, 0.29) is 25.2 Å². The molecule has 4 rings (SSSR count). The maximum Gasteiger partial charge on any atom is 0.256 e. The number of para-hydroxylation sites is 1. The van der Waals surface area contributed by atoms with Crippen LogP contribution < -0.4 is 27.2 Å². The molecule has 0 radical (unpaired) electrons. The van der Waals surface area contributed by atoms with Crippen molar-refractivity contribution in [1.29, 1.82) is 0 Å². The van der Waals surface area contributed by atoms with Crippen molar-refractivity contribution in [3.05, 3.63) is 54.2 Å². The maximum atomic E-state index is 13.2. The number of H-pyrrole nitrogens is 2. The zero-order chi connectivity index (χ0) is 24.1. The molecular weight excluding hydrogens is 440 g/mol. The summed E-state index contributed by atoms with van der Waals surface area (Å²) in [6.45, 7) is 0. The monoisotopic (exact) mass is 466 g/mol. The van der Waals surface area contributed by atoms with Gasteiger partial charge in [-0.3, -0.25) is 24.6 Å². The lowest BCUT2D eigenvalue weighted by molar-refractivity contribution is -0.132. The second-order valence-electron chi connectivity index (χ2n) is 8.13. The van der Waals surface area contributed by atoms with Gasteiger partial charge < -0.3 is 25.9 Å². The highest BCUT2D eigenvalue weighted by molar-refractivity contribution is 5.95. The summed E-state index contributed by atoms with van der Waals surface area (Å²) in [5.74, 6) is 3.54. The molecule has 0 aliphatic carbocycles. The fraction of sp³-hybridized carbons (Fsp3) is 0.318. The van der Waals surface area contributed by atoms with Crippen LogP contribution >= 0.6 is 0 Å². The van der Waals surface area contributed by atoms with E-state index in [1.807, 2.05) is 24.3 Å². The third-order valence-corrected chi connectivity index (χ3v) is 5.80. The molecule has 8 N–H and O–H groups in total. The Morgan fingerprint density at radius 1 is 1.09 bits per heavy atom. The summed E-state index contributed by atoms with van der Waals surface area (Å²) < 4.78 is 0. The van der Waals surface area contributed by atoms with E-state index in [4.69, 9.17) is 5.84 Å². The molecule has 12 nitrogen and oxygen atoms in total. The van der Waals surface area contributed by atoms with E-state index < -0.39 is 35.8 Å². The van der Waals surface area contributed by atoms with Crippen LogP contribution in [-0.2, 0) is 32.0 Å². The minimum absolute atomic E-state index is 0.113. The standard InChI is InChI=1S/C22H26N8O4/c23-30-22(34)17(7-12-9-25-15-4-2-1-3-14(12)15)28-21(33)18(8-13-10-24-11-26-13)29-20(32)16-5-6-19(31)27-16/h1-4,9-11,16-18,25H,5-8,23H2,(H,24,26)(H,27,31)(H,28,33)(H,29,32)(H,30,34)/t16-,17-,18-/m0/s1. The number of carbonyl (C=O) groups is 4. The van der Waals surface area contributed by atoms with Crippen LogP contribution in [0.5, 0.6) is 0 Å². The molecular formula is C22H26N8O4. The summed E-state index contributed by atoms with van der Waals surface area (Å²) in [5.41, 5.74) is 4.44. The van der Waals surface area contributed by atoms with Gasteiger partial charge in [0, 0.05) is 48.3 Å². The van der Waals surface area contributed by atoms with Crippen molar-refractivity contribution in [1.82, 2.24) is 36.3 Å². The molecule has 0 unspecified atom stereocenters. The molecule has 34 heavy (non-hydrogen) atoms. The molecule has 0 spiro atoms. The SMILES string of the molecule is NNC(=O)[C@H](Cc1c[nH]c2ccccc12)NC(=O)[C@H](Cc1cnc[nH]1)NC(=O)[C@@H]1CCC(=O)N1. The van der Waals surface area contributed by atoms with Crippen molar-refractivity contribution in [2.45, 2.75) is 43.8 Å². The normalized spacial score (nSPS) is 17.1. The van der Waals surface area contributed by atoms with Crippen LogP contribution in [0.3, 0.4) is 0 Å². The molecule has 3 heterocycles. The molecule has 12 heteroatoms. The number of benzene rings is 1. The van der Waals surface area contributed by atoms with E-state index in [0.717, 1.165) is 16.5 Å². The van der Waals surface area contributed by atoms with Gasteiger partial charge in [0.05, 0.1) is 6.33 Å². The number of hydrogen-bond donors (Lipinski definition) is 7. The van der Waals surface area contributed by atoms with Crippen molar-refractivity contribution < 1.29 is 19.2 Å². The molecule has 2 aromatic heterocycles. The van der Waals surface area contributed by atoms with Crippen LogP contribution in [0.1, 0.15) is 24.1 Å². The fourth-order valence-corrected chi connectivity index (χ4v) is 4.01. The van der Waals surface area contributed by atoms with Crippen LogP contribution in [-0.4, -0.2) is 56.7 Å². The fourth-order valence-electron chi connectivity index (χ4n) is 4.01. The molecule has 0 bridgehead atoms. The first-order valence-electron chi connectivity index (χ1n) is 10.9. The minimum Gasteiger partial charge on any atom is -0.361 e. The number of nitrogens with one attached hydrogen (secondary N) is 6. The number of rotatable bonds is 9. The third-order valence-electron chi connectivity index (χ3n) is 5.80.